The van der Waals surface area contributed by atoms with Gasteiger partial charge in [0.1, 0.15) is 0 Å². The number of aromatic nitrogens is 3. The molecule has 0 atom stereocenters. The first-order chi connectivity index (χ1) is 9.78. The fourth-order valence-electron chi connectivity index (χ4n) is 2.33. The number of nitrogen functional groups attached to an aromatic ring is 1. The van der Waals surface area contributed by atoms with Gasteiger partial charge in [-0.2, -0.15) is 5.10 Å². The van der Waals surface area contributed by atoms with Crippen LogP contribution in [0, 0.1) is 0 Å². The number of hydrogen-bond donors (Lipinski definition) is 2. The lowest BCUT2D eigenvalue weighted by atomic mass is 10.2. The molecular weight excluding hydrogens is 250 g/mol. The Hall–Kier alpha value is -2.56. The first-order valence-electron chi connectivity index (χ1n) is 6.65. The van der Waals surface area contributed by atoms with Crippen molar-refractivity contribution in [1.29, 1.82) is 0 Å². The highest BCUT2D eigenvalue weighted by molar-refractivity contribution is 5.88. The Morgan fingerprint density at radius 1 is 1.30 bits per heavy atom. The molecule has 0 fully saturated rings. The second kappa shape index (κ2) is 5.21. The summed E-state index contributed by atoms with van der Waals surface area (Å²) in [6.45, 7) is 3.71. The van der Waals surface area contributed by atoms with Crippen LogP contribution in [0.25, 0.3) is 10.9 Å². The second-order valence-electron chi connectivity index (χ2n) is 4.70. The van der Waals surface area contributed by atoms with Crippen LogP contribution >= 0.6 is 0 Å². The third-order valence-corrected chi connectivity index (χ3v) is 3.39. The lowest BCUT2D eigenvalue weighted by molar-refractivity contribution is 0.811. The van der Waals surface area contributed by atoms with Crippen LogP contribution in [0.2, 0.25) is 0 Å². The number of fused-ring (bicyclic) bond motifs is 1. The smallest absolute Gasteiger partial charge is 0.0672 e. The first-order valence-corrected chi connectivity index (χ1v) is 6.65. The van der Waals surface area contributed by atoms with Gasteiger partial charge in [-0.3, -0.25) is 10.1 Å². The van der Waals surface area contributed by atoms with Gasteiger partial charge in [0, 0.05) is 18.1 Å². The molecule has 2 heterocycles. The molecule has 0 saturated carbocycles. The molecule has 0 aliphatic heterocycles. The number of benzene rings is 1. The number of pyridine rings is 1. The molecule has 1 aromatic carbocycles. The average Bonchev–Trinajstić information content (AvgIpc) is 2.92. The molecular formula is C15H17N5. The lowest BCUT2D eigenvalue weighted by Gasteiger charge is -2.24. The SMILES string of the molecule is CCN(Cc1ccccn1)c1cc2[nH]ncc2cc1N. The Labute approximate surface area is 117 Å². The zero-order chi connectivity index (χ0) is 13.9. The topological polar surface area (TPSA) is 70.8 Å². The molecule has 5 nitrogen and oxygen atoms in total. The number of nitrogens with two attached hydrogens (primary N) is 1. The van der Waals surface area contributed by atoms with Crippen molar-refractivity contribution in [3.05, 3.63) is 48.4 Å². The van der Waals surface area contributed by atoms with E-state index in [0.29, 0.717) is 0 Å². The zero-order valence-corrected chi connectivity index (χ0v) is 11.4. The van der Waals surface area contributed by atoms with Crippen LogP contribution in [0.1, 0.15) is 12.6 Å². The number of rotatable bonds is 4. The Kier molecular flexibility index (Phi) is 3.25. The van der Waals surface area contributed by atoms with Gasteiger partial charge in [0.2, 0.25) is 0 Å². The number of nitrogens with one attached hydrogen (secondary N) is 1. The summed E-state index contributed by atoms with van der Waals surface area (Å²) in [5.41, 5.74) is 9.96. The summed E-state index contributed by atoms with van der Waals surface area (Å²) in [5.74, 6) is 0. The number of anilines is 2. The Bertz CT molecular complexity index is 705. The van der Waals surface area contributed by atoms with E-state index < -0.39 is 0 Å². The number of hydrogen-bond acceptors (Lipinski definition) is 4. The Morgan fingerprint density at radius 2 is 2.20 bits per heavy atom. The monoisotopic (exact) mass is 267 g/mol. The quantitative estimate of drug-likeness (QED) is 0.713. The van der Waals surface area contributed by atoms with Gasteiger partial charge in [0.15, 0.2) is 0 Å². The summed E-state index contributed by atoms with van der Waals surface area (Å²) in [4.78, 5) is 6.58. The van der Waals surface area contributed by atoms with E-state index in [4.69, 9.17) is 5.73 Å². The van der Waals surface area contributed by atoms with Crippen LogP contribution in [0.3, 0.4) is 0 Å². The summed E-state index contributed by atoms with van der Waals surface area (Å²) in [5, 5.41) is 8.05. The Balaban J connectivity index is 1.96. The summed E-state index contributed by atoms with van der Waals surface area (Å²) in [6, 6.07) is 9.94. The molecule has 0 spiro atoms. The standard InChI is InChI=1S/C15H17N5/c1-2-20(10-12-5-3-4-6-17-12)15-8-14-11(7-13(15)16)9-18-19-14/h3-9H,2,10,16H2,1H3,(H,18,19). The van der Waals surface area contributed by atoms with Crippen LogP contribution < -0.4 is 10.6 Å². The van der Waals surface area contributed by atoms with E-state index >= 15 is 0 Å². The van der Waals surface area contributed by atoms with E-state index in [-0.39, 0.29) is 0 Å². The predicted molar refractivity (Wildman–Crippen MR) is 81.5 cm³/mol. The molecule has 5 heteroatoms. The summed E-state index contributed by atoms with van der Waals surface area (Å²) < 4.78 is 0. The minimum absolute atomic E-state index is 0.737. The third kappa shape index (κ3) is 2.30. The number of H-pyrrole nitrogens is 1. The largest absolute Gasteiger partial charge is 0.397 e. The van der Waals surface area contributed by atoms with Crippen molar-refractivity contribution in [2.75, 3.05) is 17.2 Å². The molecule has 2 aromatic heterocycles. The van der Waals surface area contributed by atoms with E-state index in [1.807, 2.05) is 36.5 Å². The van der Waals surface area contributed by atoms with Crippen molar-refractivity contribution in [2.45, 2.75) is 13.5 Å². The molecule has 0 unspecified atom stereocenters. The maximum absolute atomic E-state index is 6.17. The van der Waals surface area contributed by atoms with E-state index in [2.05, 4.69) is 27.0 Å². The summed E-state index contributed by atoms with van der Waals surface area (Å²) >= 11 is 0. The maximum Gasteiger partial charge on any atom is 0.0672 e. The normalized spacial score (nSPS) is 10.8. The number of nitrogens with zero attached hydrogens (tertiary/aromatic N) is 3. The molecule has 0 aliphatic rings. The minimum Gasteiger partial charge on any atom is -0.397 e. The number of aromatic amines is 1. The first kappa shape index (κ1) is 12.5. The van der Waals surface area contributed by atoms with Gasteiger partial charge in [0.25, 0.3) is 0 Å². The molecule has 3 N–H and O–H groups in total. The second-order valence-corrected chi connectivity index (χ2v) is 4.70. The molecule has 0 saturated heterocycles. The molecule has 0 radical (unpaired) electrons. The van der Waals surface area contributed by atoms with E-state index in [1.165, 1.54) is 0 Å². The highest BCUT2D eigenvalue weighted by atomic mass is 15.1. The van der Waals surface area contributed by atoms with E-state index in [9.17, 15) is 0 Å². The van der Waals surface area contributed by atoms with Gasteiger partial charge >= 0.3 is 0 Å². The van der Waals surface area contributed by atoms with Crippen LogP contribution in [-0.2, 0) is 6.54 Å². The zero-order valence-electron chi connectivity index (χ0n) is 11.4. The van der Waals surface area contributed by atoms with Crippen LogP contribution in [-0.4, -0.2) is 21.7 Å². The van der Waals surface area contributed by atoms with Gasteiger partial charge < -0.3 is 10.6 Å². The van der Waals surface area contributed by atoms with E-state index in [1.54, 1.807) is 6.20 Å². The molecule has 3 rings (SSSR count). The maximum atomic E-state index is 6.17. The van der Waals surface area contributed by atoms with Crippen LogP contribution in [0.15, 0.2) is 42.7 Å². The van der Waals surface area contributed by atoms with Crippen LogP contribution in [0.4, 0.5) is 11.4 Å². The van der Waals surface area contributed by atoms with Crippen molar-refractivity contribution in [2.24, 2.45) is 0 Å². The molecule has 0 bridgehead atoms. The van der Waals surface area contributed by atoms with Crippen LogP contribution in [0.5, 0.6) is 0 Å². The van der Waals surface area contributed by atoms with Crippen molar-refractivity contribution >= 4 is 22.3 Å². The van der Waals surface area contributed by atoms with Crippen molar-refractivity contribution < 1.29 is 0 Å². The fraction of sp³-hybridized carbons (Fsp3) is 0.200. The van der Waals surface area contributed by atoms with Crippen molar-refractivity contribution in [3.8, 4) is 0 Å². The van der Waals surface area contributed by atoms with Crippen molar-refractivity contribution in [1.82, 2.24) is 15.2 Å². The highest BCUT2D eigenvalue weighted by Crippen LogP contribution is 2.28. The van der Waals surface area contributed by atoms with Gasteiger partial charge in [-0.15, -0.1) is 0 Å². The summed E-state index contributed by atoms with van der Waals surface area (Å²) in [7, 11) is 0. The average molecular weight is 267 g/mol. The van der Waals surface area contributed by atoms with Gasteiger partial charge in [-0.05, 0) is 31.2 Å². The summed E-state index contributed by atoms with van der Waals surface area (Å²) in [6.07, 6.45) is 3.59. The fourth-order valence-corrected chi connectivity index (χ4v) is 2.33. The van der Waals surface area contributed by atoms with Gasteiger partial charge in [0.05, 0.1) is 35.3 Å². The Morgan fingerprint density at radius 3 is 2.95 bits per heavy atom. The molecule has 20 heavy (non-hydrogen) atoms. The van der Waals surface area contributed by atoms with E-state index in [0.717, 1.165) is 41.1 Å². The molecule has 3 aromatic rings. The minimum atomic E-state index is 0.737. The molecule has 102 valence electrons. The molecule has 0 aliphatic carbocycles. The van der Waals surface area contributed by atoms with Gasteiger partial charge in [-0.25, -0.2) is 0 Å². The van der Waals surface area contributed by atoms with Gasteiger partial charge in [-0.1, -0.05) is 6.07 Å². The molecule has 0 amide bonds. The predicted octanol–water partition coefficient (Wildman–Crippen LogP) is 2.57. The third-order valence-electron chi connectivity index (χ3n) is 3.39. The van der Waals surface area contributed by atoms with Crippen molar-refractivity contribution in [3.63, 3.8) is 0 Å². The highest BCUT2D eigenvalue weighted by Gasteiger charge is 2.11. The lowest BCUT2D eigenvalue weighted by Crippen LogP contribution is -2.23.